The standard InChI is InChI=1S/C31H36N2O/c1-23(31(3,4)5)20-29(32-6)21-24(2)33-28-16-18-30(19-17-28)34-22-25-12-14-27(15-13-25)26-10-8-7-9-11-26/h7-20,33H,2,21-22H2,1,3-6H3/b23-20+,32-29?. The largest absolute Gasteiger partial charge is 0.489 e. The van der Waals surface area contributed by atoms with Gasteiger partial charge in [-0.3, -0.25) is 4.99 Å². The van der Waals surface area contributed by atoms with Crippen LogP contribution in [0.2, 0.25) is 0 Å². The smallest absolute Gasteiger partial charge is 0.119 e. The molecule has 0 saturated carbocycles. The van der Waals surface area contributed by atoms with Gasteiger partial charge < -0.3 is 10.1 Å². The lowest BCUT2D eigenvalue weighted by Crippen LogP contribution is -2.10. The molecule has 0 spiro atoms. The van der Waals surface area contributed by atoms with Crippen LogP contribution in [-0.4, -0.2) is 12.8 Å². The lowest BCUT2D eigenvalue weighted by molar-refractivity contribution is 0.306. The van der Waals surface area contributed by atoms with Crippen molar-refractivity contribution in [3.8, 4) is 16.9 Å². The predicted octanol–water partition coefficient (Wildman–Crippen LogP) is 8.31. The van der Waals surface area contributed by atoms with Gasteiger partial charge in [-0.05, 0) is 59.4 Å². The number of benzene rings is 3. The van der Waals surface area contributed by atoms with Crippen LogP contribution in [0.15, 0.2) is 108 Å². The van der Waals surface area contributed by atoms with E-state index in [1.165, 1.54) is 16.7 Å². The van der Waals surface area contributed by atoms with Crippen LogP contribution in [0.4, 0.5) is 5.69 Å². The fourth-order valence-corrected chi connectivity index (χ4v) is 3.35. The molecule has 34 heavy (non-hydrogen) atoms. The van der Waals surface area contributed by atoms with Crippen molar-refractivity contribution in [3.63, 3.8) is 0 Å². The molecule has 1 N–H and O–H groups in total. The van der Waals surface area contributed by atoms with E-state index >= 15 is 0 Å². The maximum Gasteiger partial charge on any atom is 0.119 e. The summed E-state index contributed by atoms with van der Waals surface area (Å²) in [4.78, 5) is 4.43. The van der Waals surface area contributed by atoms with Crippen LogP contribution in [0.1, 0.15) is 39.7 Å². The second-order valence-corrected chi connectivity index (χ2v) is 9.57. The molecule has 3 aromatic rings. The second kappa shape index (κ2) is 11.5. The first-order valence-electron chi connectivity index (χ1n) is 11.7. The summed E-state index contributed by atoms with van der Waals surface area (Å²) in [5.41, 5.74) is 7.91. The molecule has 0 unspecified atom stereocenters. The maximum absolute atomic E-state index is 5.98. The van der Waals surface area contributed by atoms with Gasteiger partial charge in [-0.1, -0.05) is 87.5 Å². The number of allylic oxidation sites excluding steroid dienone is 3. The highest BCUT2D eigenvalue weighted by atomic mass is 16.5. The van der Waals surface area contributed by atoms with Crippen LogP contribution in [0.5, 0.6) is 5.75 Å². The molecule has 0 aliphatic heterocycles. The number of rotatable bonds is 9. The Labute approximate surface area is 204 Å². The molecule has 0 amide bonds. The molecular weight excluding hydrogens is 416 g/mol. The molecule has 0 fully saturated rings. The minimum Gasteiger partial charge on any atom is -0.489 e. The first-order valence-corrected chi connectivity index (χ1v) is 11.7. The Balaban J connectivity index is 1.51. The summed E-state index contributed by atoms with van der Waals surface area (Å²) < 4.78 is 5.98. The van der Waals surface area contributed by atoms with Crippen molar-refractivity contribution in [3.05, 3.63) is 108 Å². The fourth-order valence-electron chi connectivity index (χ4n) is 3.35. The van der Waals surface area contributed by atoms with Crippen LogP contribution < -0.4 is 10.1 Å². The van der Waals surface area contributed by atoms with Crippen LogP contribution in [0.25, 0.3) is 11.1 Å². The molecular formula is C31H36N2O. The molecule has 0 aliphatic rings. The van der Waals surface area contributed by atoms with Crippen molar-refractivity contribution in [1.82, 2.24) is 0 Å². The van der Waals surface area contributed by atoms with Gasteiger partial charge in [-0.15, -0.1) is 0 Å². The van der Waals surface area contributed by atoms with Crippen molar-refractivity contribution in [1.29, 1.82) is 0 Å². The van der Waals surface area contributed by atoms with Crippen molar-refractivity contribution in [2.24, 2.45) is 10.4 Å². The predicted molar refractivity (Wildman–Crippen MR) is 147 cm³/mol. The van der Waals surface area contributed by atoms with E-state index in [9.17, 15) is 0 Å². The molecule has 3 heteroatoms. The average molecular weight is 453 g/mol. The van der Waals surface area contributed by atoms with E-state index in [-0.39, 0.29) is 5.41 Å². The third-order valence-electron chi connectivity index (χ3n) is 5.89. The van der Waals surface area contributed by atoms with Gasteiger partial charge in [-0.2, -0.15) is 0 Å². The highest BCUT2D eigenvalue weighted by Gasteiger charge is 2.13. The first kappa shape index (κ1) is 25.0. The van der Waals surface area contributed by atoms with E-state index in [4.69, 9.17) is 4.74 Å². The molecule has 176 valence electrons. The SMILES string of the molecule is C=C(CC(/C=C(\C)C(C)(C)C)=NC)Nc1ccc(OCc2ccc(-c3ccccc3)cc2)cc1. The molecule has 0 aromatic heterocycles. The fraction of sp³-hybridized carbons (Fsp3) is 0.258. The van der Waals surface area contributed by atoms with Crippen LogP contribution in [-0.2, 0) is 6.61 Å². The third-order valence-corrected chi connectivity index (χ3v) is 5.89. The Morgan fingerprint density at radius 1 is 0.912 bits per heavy atom. The topological polar surface area (TPSA) is 33.6 Å². The Kier molecular flexibility index (Phi) is 8.48. The summed E-state index contributed by atoms with van der Waals surface area (Å²) in [5.74, 6) is 0.836. The van der Waals surface area contributed by atoms with Gasteiger partial charge in [0.2, 0.25) is 0 Å². The van der Waals surface area contributed by atoms with E-state index in [0.29, 0.717) is 13.0 Å². The molecule has 3 aromatic carbocycles. The van der Waals surface area contributed by atoms with Gasteiger partial charge >= 0.3 is 0 Å². The Morgan fingerprint density at radius 2 is 1.53 bits per heavy atom. The summed E-state index contributed by atoms with van der Waals surface area (Å²) in [6.07, 6.45) is 2.84. The van der Waals surface area contributed by atoms with Gasteiger partial charge in [0.05, 0.1) is 0 Å². The lowest BCUT2D eigenvalue weighted by Gasteiger charge is -2.20. The number of hydrogen-bond acceptors (Lipinski definition) is 3. The van der Waals surface area contributed by atoms with Crippen molar-refractivity contribution in [2.45, 2.75) is 40.7 Å². The van der Waals surface area contributed by atoms with Crippen molar-refractivity contribution >= 4 is 11.4 Å². The van der Waals surface area contributed by atoms with Gasteiger partial charge in [0.25, 0.3) is 0 Å². The molecule has 0 heterocycles. The maximum atomic E-state index is 5.98. The summed E-state index contributed by atoms with van der Waals surface area (Å²) in [7, 11) is 1.83. The monoisotopic (exact) mass is 452 g/mol. The molecule has 3 rings (SSSR count). The summed E-state index contributed by atoms with van der Waals surface area (Å²) in [6.45, 7) is 13.5. The summed E-state index contributed by atoms with van der Waals surface area (Å²) in [6, 6.07) is 26.9. The van der Waals surface area contributed by atoms with Crippen molar-refractivity contribution < 1.29 is 4.74 Å². The molecule has 3 nitrogen and oxygen atoms in total. The Morgan fingerprint density at radius 3 is 2.12 bits per heavy atom. The highest BCUT2D eigenvalue weighted by molar-refractivity contribution is 5.97. The lowest BCUT2D eigenvalue weighted by atomic mass is 9.86. The molecule has 0 atom stereocenters. The summed E-state index contributed by atoms with van der Waals surface area (Å²) in [5, 5.41) is 3.38. The minimum absolute atomic E-state index is 0.129. The normalized spacial score (nSPS) is 12.4. The van der Waals surface area contributed by atoms with Crippen LogP contribution in [0.3, 0.4) is 0 Å². The van der Waals surface area contributed by atoms with E-state index in [2.05, 4.69) is 99.2 Å². The zero-order valence-electron chi connectivity index (χ0n) is 21.1. The zero-order chi connectivity index (χ0) is 24.6. The van der Waals surface area contributed by atoms with Gasteiger partial charge in [0.1, 0.15) is 12.4 Å². The Bertz CT molecular complexity index is 1130. The van der Waals surface area contributed by atoms with E-state index in [1.807, 2.05) is 37.4 Å². The van der Waals surface area contributed by atoms with Crippen LogP contribution in [0, 0.1) is 5.41 Å². The Hall–Kier alpha value is -3.59. The number of hydrogen-bond donors (Lipinski definition) is 1. The van der Waals surface area contributed by atoms with E-state index in [1.54, 1.807) is 0 Å². The second-order valence-electron chi connectivity index (χ2n) is 9.57. The highest BCUT2D eigenvalue weighted by Crippen LogP contribution is 2.25. The number of anilines is 1. The quantitative estimate of drug-likeness (QED) is 0.331. The number of ether oxygens (including phenoxy) is 1. The van der Waals surface area contributed by atoms with Gasteiger partial charge in [0, 0.05) is 30.6 Å². The molecule has 0 radical (unpaired) electrons. The first-order chi connectivity index (χ1) is 16.2. The van der Waals surface area contributed by atoms with Crippen LogP contribution >= 0.6 is 0 Å². The van der Waals surface area contributed by atoms with E-state index < -0.39 is 0 Å². The van der Waals surface area contributed by atoms with Gasteiger partial charge in [-0.25, -0.2) is 0 Å². The number of nitrogens with zero attached hydrogens (tertiary/aromatic N) is 1. The number of nitrogens with one attached hydrogen (secondary N) is 1. The third kappa shape index (κ3) is 7.48. The summed E-state index contributed by atoms with van der Waals surface area (Å²) >= 11 is 0. The molecule has 0 aliphatic carbocycles. The minimum atomic E-state index is 0.129. The average Bonchev–Trinajstić information content (AvgIpc) is 2.83. The number of aliphatic imine (C=N–C) groups is 1. The molecule has 0 saturated heterocycles. The van der Waals surface area contributed by atoms with Gasteiger partial charge in [0.15, 0.2) is 0 Å². The van der Waals surface area contributed by atoms with Crippen molar-refractivity contribution in [2.75, 3.05) is 12.4 Å². The zero-order valence-corrected chi connectivity index (χ0v) is 21.1. The molecule has 0 bridgehead atoms. The van der Waals surface area contributed by atoms with E-state index in [0.717, 1.165) is 28.4 Å².